The Morgan fingerprint density at radius 3 is 2.68 bits per heavy atom. The lowest BCUT2D eigenvalue weighted by atomic mass is 10.0. The van der Waals surface area contributed by atoms with Crippen LogP contribution in [-0.4, -0.2) is 11.5 Å². The molecule has 1 aromatic heterocycles. The summed E-state index contributed by atoms with van der Waals surface area (Å²) in [5.41, 5.74) is 1.96. The van der Waals surface area contributed by atoms with Gasteiger partial charge in [0.2, 0.25) is 0 Å². The topological polar surface area (TPSA) is 24.9 Å². The Balaban J connectivity index is 2.48. The van der Waals surface area contributed by atoms with Crippen molar-refractivity contribution in [3.63, 3.8) is 0 Å². The number of nitrogens with one attached hydrogen (secondary N) is 1. The van der Waals surface area contributed by atoms with Crippen molar-refractivity contribution in [2.24, 2.45) is 0 Å². The smallest absolute Gasteiger partial charge is 0.0777 e. The van der Waals surface area contributed by atoms with E-state index < -0.39 is 0 Å². The number of pyridine rings is 1. The predicted molar refractivity (Wildman–Crippen MR) is 86.6 cm³/mol. The summed E-state index contributed by atoms with van der Waals surface area (Å²) in [4.78, 5) is 4.50. The van der Waals surface area contributed by atoms with E-state index in [9.17, 15) is 0 Å². The number of hydrogen-bond donors (Lipinski definition) is 1. The second-order valence-electron chi connectivity index (χ2n) is 4.03. The van der Waals surface area contributed by atoms with Crippen LogP contribution in [0.4, 0.5) is 0 Å². The quantitative estimate of drug-likeness (QED) is 0.779. The maximum Gasteiger partial charge on any atom is 0.0777 e. The van der Waals surface area contributed by atoms with Crippen molar-refractivity contribution >= 4 is 43.5 Å². The minimum absolute atomic E-state index is 0.0267. The van der Waals surface area contributed by atoms with Crippen molar-refractivity contribution in [3.8, 4) is 0 Å². The highest BCUT2D eigenvalue weighted by atomic mass is 79.9. The first-order valence-corrected chi connectivity index (χ1v) is 7.88. The van der Waals surface area contributed by atoms with Crippen LogP contribution < -0.4 is 5.32 Å². The zero-order valence-electron chi connectivity index (χ0n) is 10.3. The van der Waals surface area contributed by atoms with Crippen molar-refractivity contribution in [2.45, 2.75) is 13.0 Å². The monoisotopic (exact) mass is 402 g/mol. The molecule has 0 amide bonds. The molecule has 2 aromatic rings. The summed E-state index contributed by atoms with van der Waals surface area (Å²) < 4.78 is 1.89. The number of benzene rings is 1. The maximum absolute atomic E-state index is 6.30. The summed E-state index contributed by atoms with van der Waals surface area (Å²) in [6, 6.07) is 9.79. The summed E-state index contributed by atoms with van der Waals surface area (Å²) in [7, 11) is 0. The van der Waals surface area contributed by atoms with Crippen LogP contribution in [0.25, 0.3) is 0 Å². The largest absolute Gasteiger partial charge is 0.305 e. The molecule has 1 atom stereocenters. The molecule has 0 aliphatic heterocycles. The van der Waals surface area contributed by atoms with Crippen LogP contribution in [0.15, 0.2) is 45.5 Å². The fourth-order valence-electron chi connectivity index (χ4n) is 1.90. The minimum atomic E-state index is -0.0267. The number of halogens is 3. The third-order valence-electron chi connectivity index (χ3n) is 2.73. The van der Waals surface area contributed by atoms with Gasteiger partial charge in [0, 0.05) is 20.2 Å². The van der Waals surface area contributed by atoms with E-state index in [0.29, 0.717) is 0 Å². The first-order chi connectivity index (χ1) is 9.13. The second-order valence-corrected chi connectivity index (χ2v) is 6.21. The first-order valence-electron chi connectivity index (χ1n) is 5.92. The Morgan fingerprint density at radius 2 is 2.05 bits per heavy atom. The molecule has 2 rings (SSSR count). The van der Waals surface area contributed by atoms with Crippen LogP contribution in [0.1, 0.15) is 24.2 Å². The van der Waals surface area contributed by atoms with Crippen molar-refractivity contribution in [1.29, 1.82) is 0 Å². The Labute approximate surface area is 134 Å². The number of rotatable bonds is 4. The van der Waals surface area contributed by atoms with Crippen LogP contribution in [0, 0.1) is 0 Å². The normalized spacial score (nSPS) is 12.4. The van der Waals surface area contributed by atoms with Gasteiger partial charge in [0.05, 0.1) is 11.7 Å². The van der Waals surface area contributed by atoms with Crippen molar-refractivity contribution in [3.05, 3.63) is 61.8 Å². The van der Waals surface area contributed by atoms with Crippen LogP contribution in [0.5, 0.6) is 0 Å². The van der Waals surface area contributed by atoms with Gasteiger partial charge in [-0.3, -0.25) is 4.98 Å². The highest BCUT2D eigenvalue weighted by molar-refractivity contribution is 9.11. The lowest BCUT2D eigenvalue weighted by molar-refractivity contribution is 0.613. The Hall–Kier alpha value is -0.420. The van der Waals surface area contributed by atoms with E-state index >= 15 is 0 Å². The molecule has 0 saturated carbocycles. The number of hydrogen-bond acceptors (Lipinski definition) is 2. The molecule has 1 N–H and O–H groups in total. The van der Waals surface area contributed by atoms with Gasteiger partial charge < -0.3 is 5.32 Å². The van der Waals surface area contributed by atoms with Gasteiger partial charge in [0.1, 0.15) is 0 Å². The molecule has 2 nitrogen and oxygen atoms in total. The molecule has 0 aliphatic carbocycles. The predicted octanol–water partition coefficient (Wildman–Crippen LogP) is 4.96. The van der Waals surface area contributed by atoms with Gasteiger partial charge in [0.25, 0.3) is 0 Å². The van der Waals surface area contributed by atoms with Gasteiger partial charge in [-0.25, -0.2) is 0 Å². The molecule has 0 fully saturated rings. The molecule has 5 heteroatoms. The maximum atomic E-state index is 6.30. The fraction of sp³-hybridized carbons (Fsp3) is 0.214. The van der Waals surface area contributed by atoms with Gasteiger partial charge in [0.15, 0.2) is 0 Å². The molecule has 0 aliphatic rings. The third-order valence-corrected chi connectivity index (χ3v) is 4.15. The molecule has 0 saturated heterocycles. The zero-order chi connectivity index (χ0) is 13.8. The molecule has 0 bridgehead atoms. The van der Waals surface area contributed by atoms with Gasteiger partial charge in [-0.15, -0.1) is 0 Å². The summed E-state index contributed by atoms with van der Waals surface area (Å²) >= 11 is 13.3. The molecule has 100 valence electrons. The van der Waals surface area contributed by atoms with Crippen LogP contribution in [-0.2, 0) is 0 Å². The van der Waals surface area contributed by atoms with Crippen LogP contribution in [0.3, 0.4) is 0 Å². The summed E-state index contributed by atoms with van der Waals surface area (Å²) in [5.74, 6) is 0. The van der Waals surface area contributed by atoms with Gasteiger partial charge in [-0.2, -0.15) is 0 Å². The highest BCUT2D eigenvalue weighted by Crippen LogP contribution is 2.32. The fourth-order valence-corrected chi connectivity index (χ4v) is 3.37. The van der Waals surface area contributed by atoms with Crippen LogP contribution in [0.2, 0.25) is 5.02 Å². The Bertz CT molecular complexity index is 575. The molecular weight excluding hydrogens is 391 g/mol. The van der Waals surface area contributed by atoms with Gasteiger partial charge in [-0.05, 0) is 56.1 Å². The average molecular weight is 405 g/mol. The van der Waals surface area contributed by atoms with E-state index in [4.69, 9.17) is 11.6 Å². The van der Waals surface area contributed by atoms with E-state index in [1.807, 2.05) is 30.3 Å². The molecule has 1 heterocycles. The lowest BCUT2D eigenvalue weighted by Gasteiger charge is -2.20. The zero-order valence-corrected chi connectivity index (χ0v) is 14.3. The Morgan fingerprint density at radius 1 is 1.32 bits per heavy atom. The standard InChI is InChI=1S/C14H13Br2ClN2/c1-2-18-13(10-5-3-4-6-12(10)17)14-11(16)7-9(15)8-19-14/h3-8,13,18H,2H2,1H3. The molecule has 1 unspecified atom stereocenters. The van der Waals surface area contributed by atoms with E-state index in [2.05, 4.69) is 49.1 Å². The van der Waals surface area contributed by atoms with E-state index in [0.717, 1.165) is 31.8 Å². The lowest BCUT2D eigenvalue weighted by Crippen LogP contribution is -2.23. The third kappa shape index (κ3) is 3.57. The van der Waals surface area contributed by atoms with E-state index in [1.54, 1.807) is 6.20 Å². The van der Waals surface area contributed by atoms with Gasteiger partial charge in [-0.1, -0.05) is 36.7 Å². The van der Waals surface area contributed by atoms with Crippen LogP contribution >= 0.6 is 43.5 Å². The summed E-state index contributed by atoms with van der Waals surface area (Å²) in [6.07, 6.45) is 1.79. The molecular formula is C14H13Br2ClN2. The van der Waals surface area contributed by atoms with E-state index in [-0.39, 0.29) is 6.04 Å². The first kappa shape index (κ1) is 15.0. The highest BCUT2D eigenvalue weighted by Gasteiger charge is 2.19. The Kier molecular flexibility index (Phi) is 5.39. The van der Waals surface area contributed by atoms with Crippen molar-refractivity contribution in [2.75, 3.05) is 6.54 Å². The second kappa shape index (κ2) is 6.84. The molecule has 0 radical (unpaired) electrons. The summed E-state index contributed by atoms with van der Waals surface area (Å²) in [5, 5.41) is 4.16. The number of aromatic nitrogens is 1. The molecule has 0 spiro atoms. The summed E-state index contributed by atoms with van der Waals surface area (Å²) in [6.45, 7) is 2.90. The minimum Gasteiger partial charge on any atom is -0.305 e. The van der Waals surface area contributed by atoms with Crippen molar-refractivity contribution < 1.29 is 0 Å². The molecule has 19 heavy (non-hydrogen) atoms. The van der Waals surface area contributed by atoms with Gasteiger partial charge >= 0.3 is 0 Å². The van der Waals surface area contributed by atoms with Crippen molar-refractivity contribution in [1.82, 2.24) is 10.3 Å². The SMILES string of the molecule is CCNC(c1ccccc1Cl)c1ncc(Br)cc1Br. The number of nitrogens with zero attached hydrogens (tertiary/aromatic N) is 1. The average Bonchev–Trinajstić information content (AvgIpc) is 2.38. The molecule has 1 aromatic carbocycles. The van der Waals surface area contributed by atoms with E-state index in [1.165, 1.54) is 0 Å².